The summed E-state index contributed by atoms with van der Waals surface area (Å²) in [5.74, 6) is -1.54. The van der Waals surface area contributed by atoms with Crippen molar-refractivity contribution in [2.45, 2.75) is 51.5 Å². The average molecular weight is 436 g/mol. The number of rotatable bonds is 4. The Bertz CT molecular complexity index is 1230. The molecule has 166 valence electrons. The van der Waals surface area contributed by atoms with Crippen molar-refractivity contribution in [3.05, 3.63) is 65.6 Å². The van der Waals surface area contributed by atoms with Gasteiger partial charge in [0.25, 0.3) is 0 Å². The minimum atomic E-state index is -2.55. The van der Waals surface area contributed by atoms with E-state index in [1.807, 2.05) is 51.2 Å². The van der Waals surface area contributed by atoms with Crippen LogP contribution >= 0.6 is 0 Å². The number of nitrogens with zero attached hydrogens (tertiary/aromatic N) is 5. The van der Waals surface area contributed by atoms with E-state index in [9.17, 15) is 8.78 Å². The standard InChI is InChI=1S/C25H27F2N5/c1-16-23(31(3)30-29-16)20-9-10-21-22(15-20)32(17(2)28-21)24(18-7-5-4-6-8-18)19-11-13-25(26,27)14-12-19/h4-10,15,19,24H,11-14H2,1-3H3. The third-order valence-corrected chi connectivity index (χ3v) is 6.76. The first-order valence-corrected chi connectivity index (χ1v) is 11.1. The third kappa shape index (κ3) is 3.59. The van der Waals surface area contributed by atoms with E-state index in [2.05, 4.69) is 33.1 Å². The molecule has 2 heterocycles. The summed E-state index contributed by atoms with van der Waals surface area (Å²) in [4.78, 5) is 4.83. The zero-order valence-electron chi connectivity index (χ0n) is 18.6. The Balaban J connectivity index is 1.67. The van der Waals surface area contributed by atoms with Crippen LogP contribution in [-0.4, -0.2) is 30.5 Å². The van der Waals surface area contributed by atoms with Gasteiger partial charge < -0.3 is 4.57 Å². The molecule has 1 atom stereocenters. The first-order chi connectivity index (χ1) is 15.3. The van der Waals surface area contributed by atoms with Crippen molar-refractivity contribution in [3.8, 4) is 11.3 Å². The molecule has 2 aromatic heterocycles. The predicted molar refractivity (Wildman–Crippen MR) is 121 cm³/mol. The molecular formula is C25H27F2N5. The van der Waals surface area contributed by atoms with Crippen LogP contribution in [0.15, 0.2) is 48.5 Å². The Morgan fingerprint density at radius 2 is 1.75 bits per heavy atom. The van der Waals surface area contributed by atoms with Crippen LogP contribution in [0, 0.1) is 19.8 Å². The molecule has 0 N–H and O–H groups in total. The van der Waals surface area contributed by atoms with Crippen LogP contribution in [0.4, 0.5) is 8.78 Å². The molecular weight excluding hydrogens is 408 g/mol. The Kier molecular flexibility index (Phi) is 5.07. The van der Waals surface area contributed by atoms with Crippen LogP contribution in [0.3, 0.4) is 0 Å². The first-order valence-electron chi connectivity index (χ1n) is 11.1. The summed E-state index contributed by atoms with van der Waals surface area (Å²) in [7, 11) is 1.89. The van der Waals surface area contributed by atoms with E-state index in [-0.39, 0.29) is 24.8 Å². The van der Waals surface area contributed by atoms with Crippen molar-refractivity contribution in [3.63, 3.8) is 0 Å². The number of imidazole rings is 1. The van der Waals surface area contributed by atoms with Crippen LogP contribution in [-0.2, 0) is 7.05 Å². The molecule has 4 aromatic rings. The highest BCUT2D eigenvalue weighted by Gasteiger charge is 2.39. The zero-order valence-corrected chi connectivity index (χ0v) is 18.6. The lowest BCUT2D eigenvalue weighted by atomic mass is 9.79. The lowest BCUT2D eigenvalue weighted by Gasteiger charge is -2.35. The van der Waals surface area contributed by atoms with Gasteiger partial charge in [-0.3, -0.25) is 0 Å². The van der Waals surface area contributed by atoms with Gasteiger partial charge in [-0.25, -0.2) is 18.4 Å². The summed E-state index contributed by atoms with van der Waals surface area (Å²) in [6, 6.07) is 16.4. The number of aryl methyl sites for hydroxylation is 3. The van der Waals surface area contributed by atoms with E-state index >= 15 is 0 Å². The largest absolute Gasteiger partial charge is 0.320 e. The quantitative estimate of drug-likeness (QED) is 0.403. The lowest BCUT2D eigenvalue weighted by molar-refractivity contribution is -0.0495. The molecule has 1 aliphatic carbocycles. The van der Waals surface area contributed by atoms with Gasteiger partial charge in [0, 0.05) is 25.5 Å². The van der Waals surface area contributed by atoms with Crippen LogP contribution < -0.4 is 0 Å². The van der Waals surface area contributed by atoms with Crippen molar-refractivity contribution >= 4 is 11.0 Å². The van der Waals surface area contributed by atoms with Crippen LogP contribution in [0.2, 0.25) is 0 Å². The Morgan fingerprint density at radius 3 is 2.41 bits per heavy atom. The summed E-state index contributed by atoms with van der Waals surface area (Å²) >= 11 is 0. The zero-order chi connectivity index (χ0) is 22.5. The highest BCUT2D eigenvalue weighted by molar-refractivity contribution is 5.82. The molecule has 5 rings (SSSR count). The third-order valence-electron chi connectivity index (χ3n) is 6.76. The van der Waals surface area contributed by atoms with E-state index < -0.39 is 5.92 Å². The molecule has 2 aromatic carbocycles. The summed E-state index contributed by atoms with van der Waals surface area (Å²) < 4.78 is 32.0. The number of hydrogen-bond acceptors (Lipinski definition) is 3. The van der Waals surface area contributed by atoms with Crippen molar-refractivity contribution in [1.29, 1.82) is 0 Å². The number of halogens is 2. The first kappa shape index (κ1) is 20.8. The number of fused-ring (bicyclic) bond motifs is 1. The second-order valence-electron chi connectivity index (χ2n) is 8.93. The van der Waals surface area contributed by atoms with Gasteiger partial charge in [0.1, 0.15) is 5.82 Å². The lowest BCUT2D eigenvalue weighted by Crippen LogP contribution is -2.30. The molecule has 32 heavy (non-hydrogen) atoms. The second-order valence-corrected chi connectivity index (χ2v) is 8.93. The Hall–Kier alpha value is -3.09. The summed E-state index contributed by atoms with van der Waals surface area (Å²) in [6.07, 6.45) is 0.877. The van der Waals surface area contributed by atoms with Gasteiger partial charge in [-0.2, -0.15) is 0 Å². The smallest absolute Gasteiger partial charge is 0.248 e. The van der Waals surface area contributed by atoms with Crippen molar-refractivity contribution in [1.82, 2.24) is 24.5 Å². The van der Waals surface area contributed by atoms with Crippen molar-refractivity contribution in [2.75, 3.05) is 0 Å². The minimum Gasteiger partial charge on any atom is -0.320 e. The van der Waals surface area contributed by atoms with E-state index in [1.165, 1.54) is 0 Å². The predicted octanol–water partition coefficient (Wildman–Crippen LogP) is 5.86. The van der Waals surface area contributed by atoms with E-state index in [4.69, 9.17) is 4.98 Å². The molecule has 1 aliphatic rings. The van der Waals surface area contributed by atoms with Crippen LogP contribution in [0.25, 0.3) is 22.3 Å². The molecule has 0 spiro atoms. The van der Waals surface area contributed by atoms with Crippen LogP contribution in [0.1, 0.15) is 48.8 Å². The molecule has 0 amide bonds. The van der Waals surface area contributed by atoms with Crippen molar-refractivity contribution in [2.24, 2.45) is 13.0 Å². The van der Waals surface area contributed by atoms with Crippen LogP contribution in [0.5, 0.6) is 0 Å². The molecule has 5 nitrogen and oxygen atoms in total. The number of alkyl halides is 2. The highest BCUT2D eigenvalue weighted by Crippen LogP contribution is 2.44. The van der Waals surface area contributed by atoms with Gasteiger partial charge in [-0.1, -0.05) is 41.6 Å². The van der Waals surface area contributed by atoms with E-state index in [0.717, 1.165) is 39.4 Å². The normalized spacial score (nSPS) is 17.7. The Morgan fingerprint density at radius 1 is 1.03 bits per heavy atom. The number of benzene rings is 2. The topological polar surface area (TPSA) is 48.5 Å². The number of aromatic nitrogens is 5. The maximum absolute atomic E-state index is 14.0. The van der Waals surface area contributed by atoms with Gasteiger partial charge >= 0.3 is 0 Å². The van der Waals surface area contributed by atoms with Crippen molar-refractivity contribution < 1.29 is 8.78 Å². The summed E-state index contributed by atoms with van der Waals surface area (Å²) in [5, 5.41) is 8.33. The average Bonchev–Trinajstić information content (AvgIpc) is 3.28. The Labute approximate surface area is 186 Å². The minimum absolute atomic E-state index is 0.0432. The molecule has 1 fully saturated rings. The van der Waals surface area contributed by atoms with Gasteiger partial charge in [0.05, 0.1) is 28.5 Å². The maximum atomic E-state index is 14.0. The summed E-state index contributed by atoms with van der Waals surface area (Å²) in [6.45, 7) is 3.95. The van der Waals surface area contributed by atoms with E-state index in [1.54, 1.807) is 4.68 Å². The maximum Gasteiger partial charge on any atom is 0.248 e. The molecule has 1 unspecified atom stereocenters. The number of hydrogen-bond donors (Lipinski definition) is 0. The highest BCUT2D eigenvalue weighted by atomic mass is 19.3. The monoisotopic (exact) mass is 435 g/mol. The SMILES string of the molecule is Cc1nnn(C)c1-c1ccc2nc(C)n(C(c3ccccc3)C3CCC(F)(F)CC3)c2c1. The molecule has 0 saturated heterocycles. The van der Waals surface area contributed by atoms with Gasteiger partial charge in [0.2, 0.25) is 5.92 Å². The van der Waals surface area contributed by atoms with Gasteiger partial charge in [0.15, 0.2) is 0 Å². The molecule has 0 bridgehead atoms. The van der Waals surface area contributed by atoms with Gasteiger partial charge in [-0.05, 0) is 50.3 Å². The van der Waals surface area contributed by atoms with Gasteiger partial charge in [-0.15, -0.1) is 5.10 Å². The second kappa shape index (κ2) is 7.80. The fourth-order valence-electron chi connectivity index (χ4n) is 5.23. The van der Waals surface area contributed by atoms with E-state index in [0.29, 0.717) is 12.8 Å². The molecule has 0 aliphatic heterocycles. The fourth-order valence-corrected chi connectivity index (χ4v) is 5.23. The molecule has 0 radical (unpaired) electrons. The molecule has 1 saturated carbocycles. The summed E-state index contributed by atoms with van der Waals surface area (Å²) in [5.41, 5.74) is 5.89. The fraction of sp³-hybridized carbons (Fsp3) is 0.400. The molecule has 7 heteroatoms.